The van der Waals surface area contributed by atoms with Crippen molar-refractivity contribution in [1.82, 2.24) is 19.2 Å². The summed E-state index contributed by atoms with van der Waals surface area (Å²) in [6.07, 6.45) is 9.09. The minimum atomic E-state index is -0.143. The third-order valence-electron chi connectivity index (χ3n) is 4.83. The van der Waals surface area contributed by atoms with Crippen LogP contribution in [0, 0.1) is 18.3 Å². The molecule has 1 aliphatic rings. The van der Waals surface area contributed by atoms with Crippen molar-refractivity contribution in [3.63, 3.8) is 0 Å². The number of carbonyl (C=O) groups excluding carboxylic acids is 1. The van der Waals surface area contributed by atoms with Crippen LogP contribution in [-0.2, 0) is 6.54 Å². The summed E-state index contributed by atoms with van der Waals surface area (Å²) < 4.78 is 9.34. The molecule has 3 aromatic rings. The van der Waals surface area contributed by atoms with Gasteiger partial charge in [-0.15, -0.1) is 0 Å². The zero-order valence-electron chi connectivity index (χ0n) is 14.5. The number of amides is 1. The normalized spacial score (nSPS) is 16.8. The van der Waals surface area contributed by atoms with E-state index in [1.165, 1.54) is 0 Å². The molecule has 7 nitrogen and oxygen atoms in total. The van der Waals surface area contributed by atoms with Gasteiger partial charge in [-0.1, -0.05) is 0 Å². The van der Waals surface area contributed by atoms with Gasteiger partial charge in [0.2, 0.25) is 5.88 Å². The van der Waals surface area contributed by atoms with E-state index in [9.17, 15) is 10.1 Å². The lowest BCUT2D eigenvalue weighted by Crippen LogP contribution is -2.38. The van der Waals surface area contributed by atoms with E-state index >= 15 is 0 Å². The number of likely N-dealkylation sites (tertiary alicyclic amines) is 1. The Labute approximate surface area is 151 Å². The van der Waals surface area contributed by atoms with Crippen LogP contribution in [0.2, 0.25) is 0 Å². The zero-order chi connectivity index (χ0) is 18.1. The molecule has 0 aliphatic carbocycles. The summed E-state index contributed by atoms with van der Waals surface area (Å²) in [6.45, 7) is 3.07. The number of furan rings is 1. The van der Waals surface area contributed by atoms with Crippen molar-refractivity contribution in [2.24, 2.45) is 0 Å². The summed E-state index contributed by atoms with van der Waals surface area (Å²) in [7, 11) is 0. The van der Waals surface area contributed by atoms with Crippen molar-refractivity contribution in [2.45, 2.75) is 32.4 Å². The van der Waals surface area contributed by atoms with Crippen LogP contribution in [0.4, 0.5) is 0 Å². The largest absolute Gasteiger partial charge is 0.443 e. The van der Waals surface area contributed by atoms with Crippen molar-refractivity contribution in [3.8, 4) is 12.0 Å². The standard InChI is InChI=1S/C19H19N5O2/c1-14-17(16(12-20)19(26-14)22-8-2-3-9-22)18(25)24-11-4-6-15(24)13-23-10-5-7-21-23/h2-3,5,7-10,15H,4,6,11,13H2,1H3. The van der Waals surface area contributed by atoms with Gasteiger partial charge >= 0.3 is 0 Å². The molecule has 0 saturated carbocycles. The summed E-state index contributed by atoms with van der Waals surface area (Å²) in [4.78, 5) is 15.1. The van der Waals surface area contributed by atoms with E-state index in [1.807, 2.05) is 34.0 Å². The molecule has 132 valence electrons. The van der Waals surface area contributed by atoms with Gasteiger partial charge in [0.15, 0.2) is 0 Å². The molecule has 1 saturated heterocycles. The molecule has 0 aromatic carbocycles. The fourth-order valence-corrected chi connectivity index (χ4v) is 3.60. The molecule has 4 rings (SSSR count). The van der Waals surface area contributed by atoms with Crippen LogP contribution in [-0.4, -0.2) is 37.7 Å². The van der Waals surface area contributed by atoms with Gasteiger partial charge in [0.25, 0.3) is 5.91 Å². The fraction of sp³-hybridized carbons (Fsp3) is 0.316. The lowest BCUT2D eigenvalue weighted by molar-refractivity contribution is 0.0719. The summed E-state index contributed by atoms with van der Waals surface area (Å²) in [5.41, 5.74) is 0.650. The highest BCUT2D eigenvalue weighted by atomic mass is 16.4. The van der Waals surface area contributed by atoms with Gasteiger partial charge in [-0.3, -0.25) is 14.0 Å². The molecule has 3 aromatic heterocycles. The van der Waals surface area contributed by atoms with Gasteiger partial charge in [-0.05, 0) is 38.0 Å². The molecule has 1 fully saturated rings. The van der Waals surface area contributed by atoms with Gasteiger partial charge in [-0.2, -0.15) is 10.4 Å². The van der Waals surface area contributed by atoms with Gasteiger partial charge in [0, 0.05) is 31.3 Å². The highest BCUT2D eigenvalue weighted by Crippen LogP contribution is 2.29. The first kappa shape index (κ1) is 16.2. The summed E-state index contributed by atoms with van der Waals surface area (Å²) in [5, 5.41) is 13.9. The first-order valence-corrected chi connectivity index (χ1v) is 8.64. The van der Waals surface area contributed by atoms with Crippen LogP contribution in [0.5, 0.6) is 0 Å². The first-order chi connectivity index (χ1) is 12.7. The molecular weight excluding hydrogens is 330 g/mol. The third-order valence-corrected chi connectivity index (χ3v) is 4.83. The Bertz CT molecular complexity index is 947. The fourth-order valence-electron chi connectivity index (χ4n) is 3.60. The maximum Gasteiger partial charge on any atom is 0.259 e. The Morgan fingerprint density at radius 2 is 2.15 bits per heavy atom. The Morgan fingerprint density at radius 1 is 1.35 bits per heavy atom. The number of nitrogens with zero attached hydrogens (tertiary/aromatic N) is 5. The van der Waals surface area contributed by atoms with Crippen LogP contribution < -0.4 is 0 Å². The Kier molecular flexibility index (Phi) is 4.09. The van der Waals surface area contributed by atoms with Crippen molar-refractivity contribution in [3.05, 3.63) is 59.9 Å². The van der Waals surface area contributed by atoms with Crippen LogP contribution in [0.15, 0.2) is 47.4 Å². The molecule has 7 heteroatoms. The van der Waals surface area contributed by atoms with E-state index in [2.05, 4.69) is 11.2 Å². The molecule has 4 heterocycles. The van der Waals surface area contributed by atoms with E-state index in [0.717, 1.165) is 12.8 Å². The Hall–Kier alpha value is -3.27. The number of aromatic nitrogens is 3. The first-order valence-electron chi connectivity index (χ1n) is 8.64. The van der Waals surface area contributed by atoms with Gasteiger partial charge in [0.05, 0.1) is 12.6 Å². The molecule has 26 heavy (non-hydrogen) atoms. The van der Waals surface area contributed by atoms with Crippen molar-refractivity contribution in [2.75, 3.05) is 6.54 Å². The maximum absolute atomic E-state index is 13.2. The molecule has 1 amide bonds. The highest BCUT2D eigenvalue weighted by Gasteiger charge is 2.34. The van der Waals surface area contributed by atoms with E-state index in [4.69, 9.17) is 4.42 Å². The smallest absolute Gasteiger partial charge is 0.259 e. The summed E-state index contributed by atoms with van der Waals surface area (Å²) in [6, 6.07) is 7.80. The zero-order valence-corrected chi connectivity index (χ0v) is 14.5. The predicted octanol–water partition coefficient (Wildman–Crippen LogP) is 2.75. The second-order valence-electron chi connectivity index (χ2n) is 6.44. The predicted molar refractivity (Wildman–Crippen MR) is 93.8 cm³/mol. The molecule has 1 aliphatic heterocycles. The van der Waals surface area contributed by atoms with Crippen LogP contribution in [0.25, 0.3) is 5.88 Å². The van der Waals surface area contributed by atoms with Gasteiger partial charge < -0.3 is 9.32 Å². The number of nitriles is 1. The topological polar surface area (TPSA) is 80.0 Å². The van der Waals surface area contributed by atoms with Crippen LogP contribution in [0.3, 0.4) is 0 Å². The molecule has 1 unspecified atom stereocenters. The summed E-state index contributed by atoms with van der Waals surface area (Å²) in [5.74, 6) is 0.719. The minimum absolute atomic E-state index is 0.0678. The maximum atomic E-state index is 13.2. The second-order valence-corrected chi connectivity index (χ2v) is 6.44. The number of aryl methyl sites for hydroxylation is 1. The molecular formula is C19H19N5O2. The molecule has 0 N–H and O–H groups in total. The summed E-state index contributed by atoms with van der Waals surface area (Å²) >= 11 is 0. The van der Waals surface area contributed by atoms with E-state index in [0.29, 0.717) is 30.3 Å². The molecule has 0 spiro atoms. The van der Waals surface area contributed by atoms with Gasteiger partial charge in [0.1, 0.15) is 23.0 Å². The average Bonchev–Trinajstić information content (AvgIpc) is 3.42. The van der Waals surface area contributed by atoms with E-state index in [1.54, 1.807) is 30.1 Å². The van der Waals surface area contributed by atoms with Crippen molar-refractivity contribution >= 4 is 5.91 Å². The van der Waals surface area contributed by atoms with Crippen molar-refractivity contribution < 1.29 is 9.21 Å². The van der Waals surface area contributed by atoms with Crippen LogP contribution in [0.1, 0.15) is 34.5 Å². The molecule has 1 atom stereocenters. The quantitative estimate of drug-likeness (QED) is 0.725. The minimum Gasteiger partial charge on any atom is -0.443 e. The SMILES string of the molecule is Cc1oc(-n2cccc2)c(C#N)c1C(=O)N1CCCC1Cn1cccn1. The Balaban J connectivity index is 1.67. The Morgan fingerprint density at radius 3 is 2.85 bits per heavy atom. The number of hydrogen-bond donors (Lipinski definition) is 0. The third kappa shape index (κ3) is 2.69. The molecule has 0 bridgehead atoms. The lowest BCUT2D eigenvalue weighted by atomic mass is 10.1. The number of rotatable bonds is 4. The highest BCUT2D eigenvalue weighted by molar-refractivity contribution is 5.99. The average molecular weight is 349 g/mol. The molecule has 0 radical (unpaired) electrons. The van der Waals surface area contributed by atoms with E-state index < -0.39 is 0 Å². The lowest BCUT2D eigenvalue weighted by Gasteiger charge is -2.24. The van der Waals surface area contributed by atoms with Gasteiger partial charge in [-0.25, -0.2) is 0 Å². The van der Waals surface area contributed by atoms with Crippen LogP contribution >= 0.6 is 0 Å². The second kappa shape index (κ2) is 6.56. The van der Waals surface area contributed by atoms with E-state index in [-0.39, 0.29) is 17.5 Å². The monoisotopic (exact) mass is 349 g/mol. The number of hydrogen-bond acceptors (Lipinski definition) is 4. The number of carbonyl (C=O) groups is 1. The van der Waals surface area contributed by atoms with Crippen molar-refractivity contribution in [1.29, 1.82) is 5.26 Å².